The highest BCUT2D eigenvalue weighted by atomic mass is 16.3. The summed E-state index contributed by atoms with van der Waals surface area (Å²) in [5.41, 5.74) is 4.57. The molecule has 0 saturated carbocycles. The van der Waals surface area contributed by atoms with Crippen LogP contribution in [0.4, 0.5) is 0 Å². The van der Waals surface area contributed by atoms with Crippen molar-refractivity contribution in [1.29, 1.82) is 0 Å². The van der Waals surface area contributed by atoms with Gasteiger partial charge in [0.25, 0.3) is 0 Å². The summed E-state index contributed by atoms with van der Waals surface area (Å²) in [5, 5.41) is 6.65. The second-order valence-corrected chi connectivity index (χ2v) is 13.2. The number of rotatable bonds is 0. The van der Waals surface area contributed by atoms with Crippen molar-refractivity contribution in [1.82, 2.24) is 10.2 Å². The lowest BCUT2D eigenvalue weighted by Crippen LogP contribution is -2.09. The van der Waals surface area contributed by atoms with Crippen LogP contribution in [0.25, 0.3) is 0 Å². The molecule has 2 aromatic heterocycles. The molecule has 37 heavy (non-hydrogen) atoms. The molecule has 0 radical (unpaired) electrons. The molecule has 2 aliphatic rings. The van der Waals surface area contributed by atoms with Crippen molar-refractivity contribution in [3.05, 3.63) is 65.7 Å². The summed E-state index contributed by atoms with van der Waals surface area (Å²) in [4.78, 5) is 8.49. The number of aliphatic imine (C=N–C) groups is 2. The number of hydrogen-bond acceptors (Lipinski definition) is 4. The first-order chi connectivity index (χ1) is 16.4. The summed E-state index contributed by atoms with van der Waals surface area (Å²) in [6, 6.07) is 3.92. The largest absolute Gasteiger partial charge is 0.469 e. The zero-order valence-electron chi connectivity index (χ0n) is 24.9. The summed E-state index contributed by atoms with van der Waals surface area (Å²) in [6.07, 6.45) is 15.8. The Morgan fingerprint density at radius 1 is 0.703 bits per heavy atom. The minimum atomic E-state index is 0. The van der Waals surface area contributed by atoms with E-state index in [1.165, 1.54) is 17.0 Å². The first-order valence-corrected chi connectivity index (χ1v) is 12.9. The number of nitrogens with one attached hydrogen (secondary N) is 1. The van der Waals surface area contributed by atoms with Gasteiger partial charge >= 0.3 is 0 Å². The highest BCUT2D eigenvalue weighted by Crippen LogP contribution is 2.29. The number of H-pyrrole nitrogens is 1. The monoisotopic (exact) mass is 510 g/mol. The molecule has 0 unspecified atom stereocenters. The van der Waals surface area contributed by atoms with Crippen molar-refractivity contribution in [2.75, 3.05) is 0 Å². The molecule has 0 saturated heterocycles. The summed E-state index contributed by atoms with van der Waals surface area (Å²) in [5.74, 6) is 1.04. The van der Waals surface area contributed by atoms with Gasteiger partial charge in [-0.15, -0.1) is 0 Å². The quantitative estimate of drug-likeness (QED) is 0.383. The van der Waals surface area contributed by atoms with Crippen molar-refractivity contribution in [3.63, 3.8) is 0 Å². The van der Waals surface area contributed by atoms with E-state index >= 15 is 0 Å². The van der Waals surface area contributed by atoms with Crippen LogP contribution in [0.1, 0.15) is 115 Å². The number of allylic oxidation sites excluding steroid dienone is 4. The van der Waals surface area contributed by atoms with Crippen molar-refractivity contribution >= 4 is 12.4 Å². The van der Waals surface area contributed by atoms with Gasteiger partial charge in [0.15, 0.2) is 0 Å². The van der Waals surface area contributed by atoms with Gasteiger partial charge in [-0.1, -0.05) is 103 Å². The molecule has 0 fully saturated rings. The zero-order chi connectivity index (χ0) is 27.6. The Morgan fingerprint density at radius 3 is 1.35 bits per heavy atom. The molecule has 1 N–H and O–H groups in total. The van der Waals surface area contributed by atoms with E-state index in [4.69, 9.17) is 4.42 Å². The molecule has 208 valence electrons. The van der Waals surface area contributed by atoms with Crippen molar-refractivity contribution in [3.8, 4) is 0 Å². The number of aromatic nitrogens is 2. The van der Waals surface area contributed by atoms with Crippen molar-refractivity contribution in [2.24, 2.45) is 20.8 Å². The lowest BCUT2D eigenvalue weighted by Gasteiger charge is -2.16. The van der Waals surface area contributed by atoms with E-state index in [1.54, 1.807) is 6.26 Å². The van der Waals surface area contributed by atoms with Crippen LogP contribution in [-0.2, 0) is 10.8 Å². The third-order valence-electron chi connectivity index (χ3n) is 5.46. The van der Waals surface area contributed by atoms with Crippen LogP contribution >= 0.6 is 0 Å². The van der Waals surface area contributed by atoms with Crippen molar-refractivity contribution in [2.45, 2.75) is 114 Å². The molecule has 0 bridgehead atoms. The number of aromatic amines is 1. The second-order valence-electron chi connectivity index (χ2n) is 13.2. The van der Waals surface area contributed by atoms with Crippen LogP contribution in [0.3, 0.4) is 0 Å². The number of nitrogens with zero attached hydrogens (tertiary/aromatic N) is 3. The van der Waals surface area contributed by atoms with E-state index < -0.39 is 0 Å². The van der Waals surface area contributed by atoms with Gasteiger partial charge in [-0.3, -0.25) is 15.1 Å². The lowest BCUT2D eigenvalue weighted by molar-refractivity contribution is 0.409. The number of furan rings is 1. The van der Waals surface area contributed by atoms with E-state index in [0.717, 1.165) is 18.6 Å². The lowest BCUT2D eigenvalue weighted by atomic mass is 9.90. The minimum Gasteiger partial charge on any atom is -0.469 e. The molecule has 5 heteroatoms. The normalized spacial score (nSPS) is 14.7. The van der Waals surface area contributed by atoms with E-state index in [2.05, 4.69) is 115 Å². The first kappa shape index (κ1) is 34.3. The Bertz CT molecular complexity index is 909. The van der Waals surface area contributed by atoms with Crippen LogP contribution < -0.4 is 0 Å². The maximum Gasteiger partial charge on any atom is 0.109 e. The van der Waals surface area contributed by atoms with Crippen molar-refractivity contribution < 1.29 is 4.42 Å². The zero-order valence-corrected chi connectivity index (χ0v) is 24.9. The van der Waals surface area contributed by atoms with Gasteiger partial charge in [-0.2, -0.15) is 5.10 Å². The van der Waals surface area contributed by atoms with Gasteiger partial charge in [0.05, 0.1) is 12.5 Å². The van der Waals surface area contributed by atoms with E-state index in [-0.39, 0.29) is 29.1 Å². The van der Waals surface area contributed by atoms with Gasteiger partial charge in [-0.05, 0) is 23.1 Å². The topological polar surface area (TPSA) is 66.5 Å². The molecule has 2 aliphatic heterocycles. The predicted octanol–water partition coefficient (Wildman–Crippen LogP) is 9.70. The maximum atomic E-state index is 5.20. The smallest absolute Gasteiger partial charge is 0.109 e. The Hall–Kier alpha value is -2.69. The molecule has 0 atom stereocenters. The number of hydrogen-bond donors (Lipinski definition) is 1. The van der Waals surface area contributed by atoms with Gasteiger partial charge in [0, 0.05) is 59.1 Å². The maximum absolute atomic E-state index is 5.20. The van der Waals surface area contributed by atoms with Crippen LogP contribution in [0.5, 0.6) is 0 Å². The molecule has 2 aromatic rings. The fourth-order valence-corrected chi connectivity index (χ4v) is 3.10. The Morgan fingerprint density at radius 2 is 1.19 bits per heavy atom. The molecule has 0 aromatic carbocycles. The molecular weight excluding hydrogens is 456 g/mol. The Kier molecular flexibility index (Phi) is 13.3. The second kappa shape index (κ2) is 14.3. The van der Waals surface area contributed by atoms with Gasteiger partial charge in [0.2, 0.25) is 0 Å². The van der Waals surface area contributed by atoms with Gasteiger partial charge < -0.3 is 4.42 Å². The molecular formula is C32H54N4O. The molecule has 0 spiro atoms. The third-order valence-corrected chi connectivity index (χ3v) is 5.46. The fourth-order valence-electron chi connectivity index (χ4n) is 3.10. The summed E-state index contributed by atoms with van der Waals surface area (Å²) in [6.45, 7) is 26.0. The van der Waals surface area contributed by atoms with Crippen LogP contribution in [0, 0.1) is 10.8 Å². The summed E-state index contributed by atoms with van der Waals surface area (Å²) in [7, 11) is 0. The summed E-state index contributed by atoms with van der Waals surface area (Å²) < 4.78 is 5.20. The first-order valence-electron chi connectivity index (χ1n) is 12.9. The molecule has 0 aliphatic carbocycles. The average Bonchev–Trinajstić information content (AvgIpc) is 3.57. The van der Waals surface area contributed by atoms with Crippen LogP contribution in [0.15, 0.2) is 68.7 Å². The SMILES string of the molecule is C.CC(C)(C)C1=CCC=N1.CC(C)(C)C1=CCC=N1.CC(C)(C)c1ccco1.CC(C)(C)c1cn[nH]c1. The molecule has 0 amide bonds. The third kappa shape index (κ3) is 13.4. The van der Waals surface area contributed by atoms with Gasteiger partial charge in [-0.25, -0.2) is 0 Å². The predicted molar refractivity (Wildman–Crippen MR) is 163 cm³/mol. The van der Waals surface area contributed by atoms with E-state index in [1.807, 2.05) is 37.0 Å². The molecule has 4 heterocycles. The van der Waals surface area contributed by atoms with E-state index in [9.17, 15) is 0 Å². The molecule has 5 nitrogen and oxygen atoms in total. The van der Waals surface area contributed by atoms with Crippen LogP contribution in [-0.4, -0.2) is 22.6 Å². The highest BCUT2D eigenvalue weighted by molar-refractivity contribution is 5.65. The van der Waals surface area contributed by atoms with E-state index in [0.29, 0.717) is 0 Å². The standard InChI is InChI=1S/2C8H13N.C8H12O.C7H12N2.CH4/c3*1-8(2,3)7-5-4-6-9-7;1-7(2,3)6-4-8-9-5-6;/h2*5-6H,4H2,1-3H3;4-6H,1-3H3;4-5H,1-3H3,(H,8,9);1H4. The van der Waals surface area contributed by atoms with Crippen LogP contribution in [0.2, 0.25) is 0 Å². The fraction of sp³-hybridized carbons (Fsp3) is 0.594. The Labute approximate surface area is 227 Å². The highest BCUT2D eigenvalue weighted by Gasteiger charge is 2.18. The average molecular weight is 511 g/mol. The van der Waals surface area contributed by atoms with Gasteiger partial charge in [0.1, 0.15) is 5.76 Å². The summed E-state index contributed by atoms with van der Waals surface area (Å²) >= 11 is 0. The Balaban J connectivity index is 0.000000463. The molecule has 4 rings (SSSR count). The minimum absolute atomic E-state index is 0.